The van der Waals surface area contributed by atoms with E-state index in [0.717, 1.165) is 29.6 Å². The Labute approximate surface area is 70.4 Å². The lowest BCUT2D eigenvalue weighted by atomic mass is 9.89. The summed E-state index contributed by atoms with van der Waals surface area (Å²) in [5.74, 6) is 5.26. The maximum Gasteiger partial charge on any atom is -0.0355 e. The normalized spacial score (nSPS) is 56.5. The van der Waals surface area contributed by atoms with Gasteiger partial charge < -0.3 is 0 Å². The first-order valence-corrected chi connectivity index (χ1v) is 5.18. The van der Waals surface area contributed by atoms with Gasteiger partial charge in [0, 0.05) is 0 Å². The van der Waals surface area contributed by atoms with Crippen LogP contribution < -0.4 is 0 Å². The van der Waals surface area contributed by atoms with Crippen LogP contribution in [-0.4, -0.2) is 0 Å². The van der Waals surface area contributed by atoms with Gasteiger partial charge in [0.05, 0.1) is 0 Å². The highest BCUT2D eigenvalue weighted by molar-refractivity contribution is 4.92. The van der Waals surface area contributed by atoms with Crippen molar-refractivity contribution in [3.8, 4) is 0 Å². The first-order valence-electron chi connectivity index (χ1n) is 5.18. The van der Waals surface area contributed by atoms with Crippen LogP contribution in [0.2, 0.25) is 0 Å². The SMILES string of the molecule is CC1CC2CC(C)C(C)C2C1. The zero-order chi connectivity index (χ0) is 8.01. The van der Waals surface area contributed by atoms with E-state index in [9.17, 15) is 0 Å². The van der Waals surface area contributed by atoms with Crippen LogP contribution >= 0.6 is 0 Å². The van der Waals surface area contributed by atoms with Gasteiger partial charge in [-0.25, -0.2) is 0 Å². The van der Waals surface area contributed by atoms with Crippen molar-refractivity contribution < 1.29 is 0 Å². The maximum atomic E-state index is 2.47. The molecule has 0 aromatic rings. The molecule has 0 amide bonds. The van der Waals surface area contributed by atoms with E-state index in [-0.39, 0.29) is 0 Å². The van der Waals surface area contributed by atoms with Gasteiger partial charge in [0.2, 0.25) is 0 Å². The Morgan fingerprint density at radius 3 is 2.27 bits per heavy atom. The molecule has 5 unspecified atom stereocenters. The molecule has 0 heteroatoms. The summed E-state index contributed by atoms with van der Waals surface area (Å²) in [6, 6.07) is 0. The third kappa shape index (κ3) is 1.11. The Kier molecular flexibility index (Phi) is 1.74. The van der Waals surface area contributed by atoms with Gasteiger partial charge in [0.25, 0.3) is 0 Å². The molecule has 0 spiro atoms. The Balaban J connectivity index is 2.07. The van der Waals surface area contributed by atoms with E-state index in [2.05, 4.69) is 20.8 Å². The molecule has 0 aromatic carbocycles. The molecule has 2 saturated carbocycles. The lowest BCUT2D eigenvalue weighted by Gasteiger charge is -2.16. The summed E-state index contributed by atoms with van der Waals surface area (Å²) in [5, 5.41) is 0. The minimum Gasteiger partial charge on any atom is -0.0625 e. The minimum absolute atomic E-state index is 1.01. The summed E-state index contributed by atoms with van der Waals surface area (Å²) < 4.78 is 0. The van der Waals surface area contributed by atoms with Crippen molar-refractivity contribution >= 4 is 0 Å². The fourth-order valence-electron chi connectivity index (χ4n) is 3.47. The van der Waals surface area contributed by atoms with Crippen LogP contribution in [0.5, 0.6) is 0 Å². The van der Waals surface area contributed by atoms with Crippen molar-refractivity contribution in [2.75, 3.05) is 0 Å². The Morgan fingerprint density at radius 2 is 1.64 bits per heavy atom. The van der Waals surface area contributed by atoms with Gasteiger partial charge in [-0.2, -0.15) is 0 Å². The van der Waals surface area contributed by atoms with Gasteiger partial charge in [-0.05, 0) is 48.9 Å². The second-order valence-corrected chi connectivity index (χ2v) is 5.07. The highest BCUT2D eigenvalue weighted by Crippen LogP contribution is 2.51. The van der Waals surface area contributed by atoms with Crippen LogP contribution in [0, 0.1) is 29.6 Å². The van der Waals surface area contributed by atoms with Crippen LogP contribution in [0.1, 0.15) is 40.0 Å². The third-order valence-electron chi connectivity index (χ3n) is 4.23. The average molecular weight is 152 g/mol. The van der Waals surface area contributed by atoms with Gasteiger partial charge in [-0.3, -0.25) is 0 Å². The molecular weight excluding hydrogens is 132 g/mol. The van der Waals surface area contributed by atoms with Crippen molar-refractivity contribution in [2.45, 2.75) is 40.0 Å². The lowest BCUT2D eigenvalue weighted by molar-refractivity contribution is 0.332. The fraction of sp³-hybridized carbons (Fsp3) is 1.00. The van der Waals surface area contributed by atoms with Crippen molar-refractivity contribution in [1.29, 1.82) is 0 Å². The van der Waals surface area contributed by atoms with Crippen LogP contribution in [0.15, 0.2) is 0 Å². The lowest BCUT2D eigenvalue weighted by Crippen LogP contribution is -2.09. The molecule has 0 nitrogen and oxygen atoms in total. The minimum atomic E-state index is 1.01. The van der Waals surface area contributed by atoms with Crippen molar-refractivity contribution in [3.05, 3.63) is 0 Å². The predicted molar refractivity (Wildman–Crippen MR) is 48.3 cm³/mol. The monoisotopic (exact) mass is 152 g/mol. The van der Waals surface area contributed by atoms with Gasteiger partial charge in [-0.15, -0.1) is 0 Å². The molecule has 0 saturated heterocycles. The zero-order valence-corrected chi connectivity index (χ0v) is 8.01. The largest absolute Gasteiger partial charge is 0.0625 e. The molecule has 2 fully saturated rings. The Hall–Kier alpha value is 0. The molecule has 2 aliphatic rings. The molecule has 0 radical (unpaired) electrons. The van der Waals surface area contributed by atoms with E-state index in [1.165, 1.54) is 19.3 Å². The molecular formula is C11H20. The van der Waals surface area contributed by atoms with Crippen molar-refractivity contribution in [3.63, 3.8) is 0 Å². The number of fused-ring (bicyclic) bond motifs is 1. The first-order chi connectivity index (χ1) is 5.18. The van der Waals surface area contributed by atoms with E-state index in [0.29, 0.717) is 0 Å². The molecule has 11 heavy (non-hydrogen) atoms. The number of rotatable bonds is 0. The maximum absolute atomic E-state index is 2.47. The van der Waals surface area contributed by atoms with E-state index in [1.54, 1.807) is 0 Å². The Morgan fingerprint density at radius 1 is 0.909 bits per heavy atom. The van der Waals surface area contributed by atoms with Gasteiger partial charge in [0.1, 0.15) is 0 Å². The molecule has 0 aliphatic heterocycles. The molecule has 2 rings (SSSR count). The van der Waals surface area contributed by atoms with Crippen molar-refractivity contribution in [2.24, 2.45) is 29.6 Å². The standard InChI is InChI=1S/C11H20/c1-7-4-10-6-8(2)9(3)11(10)5-7/h7-11H,4-6H2,1-3H3. The molecule has 2 aliphatic carbocycles. The summed E-state index contributed by atoms with van der Waals surface area (Å²) >= 11 is 0. The van der Waals surface area contributed by atoms with Crippen LogP contribution in [0.25, 0.3) is 0 Å². The van der Waals surface area contributed by atoms with E-state index < -0.39 is 0 Å². The summed E-state index contributed by atoms with van der Waals surface area (Å²) in [7, 11) is 0. The second-order valence-electron chi connectivity index (χ2n) is 5.07. The highest BCUT2D eigenvalue weighted by atomic mass is 14.5. The van der Waals surface area contributed by atoms with Gasteiger partial charge in [-0.1, -0.05) is 20.8 Å². The molecule has 5 atom stereocenters. The van der Waals surface area contributed by atoms with E-state index in [4.69, 9.17) is 0 Å². The summed E-state index contributed by atoms with van der Waals surface area (Å²) in [5.41, 5.74) is 0. The third-order valence-corrected chi connectivity index (χ3v) is 4.23. The van der Waals surface area contributed by atoms with Gasteiger partial charge >= 0.3 is 0 Å². The number of hydrogen-bond donors (Lipinski definition) is 0. The summed E-state index contributed by atoms with van der Waals surface area (Å²) in [6.07, 6.45) is 4.58. The van der Waals surface area contributed by atoms with E-state index >= 15 is 0 Å². The smallest absolute Gasteiger partial charge is 0.0355 e. The van der Waals surface area contributed by atoms with Crippen LogP contribution in [-0.2, 0) is 0 Å². The van der Waals surface area contributed by atoms with Gasteiger partial charge in [0.15, 0.2) is 0 Å². The van der Waals surface area contributed by atoms with Crippen LogP contribution in [0.4, 0.5) is 0 Å². The zero-order valence-electron chi connectivity index (χ0n) is 8.01. The molecule has 0 heterocycles. The predicted octanol–water partition coefficient (Wildman–Crippen LogP) is 3.32. The Bertz CT molecular complexity index is 150. The molecule has 64 valence electrons. The number of hydrogen-bond acceptors (Lipinski definition) is 0. The van der Waals surface area contributed by atoms with Crippen LogP contribution in [0.3, 0.4) is 0 Å². The summed E-state index contributed by atoms with van der Waals surface area (Å²) in [6.45, 7) is 7.33. The van der Waals surface area contributed by atoms with E-state index in [1.807, 2.05) is 0 Å². The fourth-order valence-corrected chi connectivity index (χ4v) is 3.47. The molecule has 0 N–H and O–H groups in total. The molecule has 0 aromatic heterocycles. The average Bonchev–Trinajstić information content (AvgIpc) is 2.37. The quantitative estimate of drug-likeness (QED) is 0.499. The highest BCUT2D eigenvalue weighted by Gasteiger charge is 2.43. The first kappa shape index (κ1) is 7.64. The van der Waals surface area contributed by atoms with Crippen molar-refractivity contribution in [1.82, 2.24) is 0 Å². The molecule has 0 bridgehead atoms. The second kappa shape index (κ2) is 2.50. The summed E-state index contributed by atoms with van der Waals surface area (Å²) in [4.78, 5) is 0. The topological polar surface area (TPSA) is 0 Å².